The van der Waals surface area contributed by atoms with Gasteiger partial charge in [-0.2, -0.15) is 13.2 Å². The third kappa shape index (κ3) is 4.55. The van der Waals surface area contributed by atoms with Crippen LogP contribution in [0, 0.1) is 6.92 Å². The van der Waals surface area contributed by atoms with Crippen LogP contribution in [-0.2, 0) is 6.18 Å². The molecule has 2 heterocycles. The van der Waals surface area contributed by atoms with Crippen LogP contribution in [0.4, 0.5) is 18.9 Å². The van der Waals surface area contributed by atoms with Crippen LogP contribution in [0.15, 0.2) is 60.8 Å². The highest BCUT2D eigenvalue weighted by Crippen LogP contribution is 2.32. The molecule has 31 heavy (non-hydrogen) atoms. The molecule has 0 N–H and O–H groups in total. The molecule has 7 heteroatoms. The Morgan fingerprint density at radius 3 is 2.61 bits per heavy atom. The lowest BCUT2D eigenvalue weighted by Gasteiger charge is -2.21. The number of anilines is 1. The van der Waals surface area contributed by atoms with Gasteiger partial charge in [0, 0.05) is 36.5 Å². The molecule has 2 aromatic carbocycles. The number of rotatable bonds is 5. The fraction of sp³-hybridized carbons (Fsp3) is 0.250. The van der Waals surface area contributed by atoms with Gasteiger partial charge in [-0.25, -0.2) is 4.98 Å². The minimum absolute atomic E-state index is 0.158. The molecule has 0 saturated carbocycles. The van der Waals surface area contributed by atoms with Crippen LogP contribution in [0.3, 0.4) is 0 Å². The standard InChI is InChI=1S/C24H21F3N2O2/c1-16-4-2-3-5-21(16)17-6-8-22(18(12-17)15-30)29-11-10-20(14-29)31-23-9-7-19(13-28-23)24(25,26)27/h2-9,12-13,15,20H,10-11,14H2,1H3. The highest BCUT2D eigenvalue weighted by atomic mass is 19.4. The van der Waals surface area contributed by atoms with E-state index in [-0.39, 0.29) is 12.0 Å². The fourth-order valence-corrected chi connectivity index (χ4v) is 3.83. The number of aryl methyl sites for hydroxylation is 1. The van der Waals surface area contributed by atoms with Gasteiger partial charge in [0.2, 0.25) is 5.88 Å². The molecule has 0 radical (unpaired) electrons. The molecule has 1 atom stereocenters. The second kappa shape index (κ2) is 8.41. The van der Waals surface area contributed by atoms with Crippen molar-refractivity contribution in [3.05, 3.63) is 77.5 Å². The largest absolute Gasteiger partial charge is 0.472 e. The normalized spacial score (nSPS) is 16.4. The summed E-state index contributed by atoms with van der Waals surface area (Å²) < 4.78 is 43.8. The second-order valence-corrected chi connectivity index (χ2v) is 7.56. The van der Waals surface area contributed by atoms with Crippen molar-refractivity contribution in [2.24, 2.45) is 0 Å². The number of benzene rings is 2. The number of ether oxygens (including phenoxy) is 1. The van der Waals surface area contributed by atoms with E-state index in [1.54, 1.807) is 0 Å². The zero-order valence-corrected chi connectivity index (χ0v) is 16.9. The van der Waals surface area contributed by atoms with Crippen molar-refractivity contribution < 1.29 is 22.7 Å². The van der Waals surface area contributed by atoms with E-state index in [2.05, 4.69) is 9.88 Å². The Bertz CT molecular complexity index is 1080. The van der Waals surface area contributed by atoms with Crippen LogP contribution in [0.2, 0.25) is 0 Å². The lowest BCUT2D eigenvalue weighted by Crippen LogP contribution is -2.25. The fourth-order valence-electron chi connectivity index (χ4n) is 3.83. The van der Waals surface area contributed by atoms with Crippen molar-refractivity contribution in [1.29, 1.82) is 0 Å². The molecule has 0 bridgehead atoms. The number of aromatic nitrogens is 1. The first-order valence-electron chi connectivity index (χ1n) is 9.95. The topological polar surface area (TPSA) is 42.4 Å². The SMILES string of the molecule is Cc1ccccc1-c1ccc(N2CCC(Oc3ccc(C(F)(F)F)cn3)C2)c(C=O)c1. The number of alkyl halides is 3. The number of hydrogen-bond donors (Lipinski definition) is 0. The molecule has 1 fully saturated rings. The van der Waals surface area contributed by atoms with E-state index in [0.717, 1.165) is 40.9 Å². The van der Waals surface area contributed by atoms with Crippen molar-refractivity contribution in [1.82, 2.24) is 4.98 Å². The van der Waals surface area contributed by atoms with Crippen molar-refractivity contribution in [3.63, 3.8) is 0 Å². The van der Waals surface area contributed by atoms with E-state index in [4.69, 9.17) is 4.74 Å². The Labute approximate surface area is 178 Å². The third-order valence-corrected chi connectivity index (χ3v) is 5.45. The summed E-state index contributed by atoms with van der Waals surface area (Å²) in [7, 11) is 0. The average Bonchev–Trinajstić information content (AvgIpc) is 3.21. The van der Waals surface area contributed by atoms with Gasteiger partial charge in [-0.05, 0) is 41.8 Å². The van der Waals surface area contributed by atoms with Gasteiger partial charge in [0.1, 0.15) is 6.10 Å². The monoisotopic (exact) mass is 426 g/mol. The summed E-state index contributed by atoms with van der Waals surface area (Å²) in [5, 5.41) is 0. The molecule has 3 aromatic rings. The van der Waals surface area contributed by atoms with E-state index in [1.165, 1.54) is 6.07 Å². The van der Waals surface area contributed by atoms with E-state index < -0.39 is 11.7 Å². The van der Waals surface area contributed by atoms with Crippen molar-refractivity contribution in [2.75, 3.05) is 18.0 Å². The predicted molar refractivity (Wildman–Crippen MR) is 112 cm³/mol. The zero-order valence-electron chi connectivity index (χ0n) is 16.9. The van der Waals surface area contributed by atoms with Gasteiger partial charge in [0.25, 0.3) is 0 Å². The van der Waals surface area contributed by atoms with Gasteiger partial charge >= 0.3 is 6.18 Å². The maximum Gasteiger partial charge on any atom is 0.417 e. The molecule has 1 aliphatic heterocycles. The molecule has 160 valence electrons. The summed E-state index contributed by atoms with van der Waals surface area (Å²) >= 11 is 0. The summed E-state index contributed by atoms with van der Waals surface area (Å²) in [6.45, 7) is 3.23. The number of carbonyl (C=O) groups is 1. The van der Waals surface area contributed by atoms with Crippen LogP contribution in [0.25, 0.3) is 11.1 Å². The Morgan fingerprint density at radius 1 is 1.13 bits per heavy atom. The van der Waals surface area contributed by atoms with Gasteiger partial charge in [-0.1, -0.05) is 30.3 Å². The number of aldehydes is 1. The van der Waals surface area contributed by atoms with Gasteiger partial charge in [-0.15, -0.1) is 0 Å². The number of carbonyl (C=O) groups excluding carboxylic acids is 1. The molecule has 4 rings (SSSR count). The molecule has 1 aliphatic rings. The van der Waals surface area contributed by atoms with E-state index in [1.807, 2.05) is 49.4 Å². The Morgan fingerprint density at radius 2 is 1.94 bits per heavy atom. The van der Waals surface area contributed by atoms with Gasteiger partial charge < -0.3 is 9.64 Å². The molecule has 1 aromatic heterocycles. The van der Waals surface area contributed by atoms with Crippen LogP contribution in [-0.4, -0.2) is 30.5 Å². The average molecular weight is 426 g/mol. The van der Waals surface area contributed by atoms with Crippen LogP contribution in [0.5, 0.6) is 5.88 Å². The molecule has 1 saturated heterocycles. The maximum absolute atomic E-state index is 12.7. The summed E-state index contributed by atoms with van der Waals surface area (Å²) in [6.07, 6.45) is -2.34. The Hall–Kier alpha value is -3.35. The molecule has 0 aliphatic carbocycles. The number of halogens is 3. The Kier molecular flexibility index (Phi) is 5.67. The number of pyridine rings is 1. The van der Waals surface area contributed by atoms with Crippen molar-refractivity contribution >= 4 is 12.0 Å². The molecule has 1 unspecified atom stereocenters. The highest BCUT2D eigenvalue weighted by molar-refractivity contribution is 5.88. The lowest BCUT2D eigenvalue weighted by molar-refractivity contribution is -0.137. The first kappa shape index (κ1) is 20.9. The van der Waals surface area contributed by atoms with E-state index in [9.17, 15) is 18.0 Å². The quantitative estimate of drug-likeness (QED) is 0.502. The third-order valence-electron chi connectivity index (χ3n) is 5.45. The van der Waals surface area contributed by atoms with Crippen LogP contribution in [0.1, 0.15) is 27.9 Å². The molecular weight excluding hydrogens is 405 g/mol. The number of nitrogens with zero attached hydrogens (tertiary/aromatic N) is 2. The van der Waals surface area contributed by atoms with E-state index >= 15 is 0 Å². The first-order valence-corrected chi connectivity index (χ1v) is 9.95. The minimum Gasteiger partial charge on any atom is -0.472 e. The lowest BCUT2D eigenvalue weighted by atomic mass is 9.98. The smallest absolute Gasteiger partial charge is 0.417 e. The van der Waals surface area contributed by atoms with E-state index in [0.29, 0.717) is 25.1 Å². The highest BCUT2D eigenvalue weighted by Gasteiger charge is 2.31. The molecular formula is C24H21F3N2O2. The molecule has 4 nitrogen and oxygen atoms in total. The summed E-state index contributed by atoms with van der Waals surface area (Å²) in [4.78, 5) is 17.6. The molecule has 0 spiro atoms. The van der Waals surface area contributed by atoms with Gasteiger partial charge in [-0.3, -0.25) is 4.79 Å². The predicted octanol–water partition coefficient (Wildman–Crippen LogP) is 5.55. The number of hydrogen-bond acceptors (Lipinski definition) is 4. The molecule has 0 amide bonds. The summed E-state index contributed by atoms with van der Waals surface area (Å²) in [5.74, 6) is 0.158. The van der Waals surface area contributed by atoms with Gasteiger partial charge in [0.05, 0.1) is 12.1 Å². The Balaban J connectivity index is 1.47. The van der Waals surface area contributed by atoms with Crippen LogP contribution >= 0.6 is 0 Å². The van der Waals surface area contributed by atoms with Crippen LogP contribution < -0.4 is 9.64 Å². The van der Waals surface area contributed by atoms with Crippen molar-refractivity contribution in [2.45, 2.75) is 25.6 Å². The summed E-state index contributed by atoms with van der Waals surface area (Å²) in [5.41, 5.74) is 3.79. The maximum atomic E-state index is 12.7. The zero-order chi connectivity index (χ0) is 22.0. The minimum atomic E-state index is -4.43. The van der Waals surface area contributed by atoms with Crippen molar-refractivity contribution in [3.8, 4) is 17.0 Å². The summed E-state index contributed by atoms with van der Waals surface area (Å²) in [6, 6.07) is 16.0. The first-order chi connectivity index (χ1) is 14.8. The van der Waals surface area contributed by atoms with Gasteiger partial charge in [0.15, 0.2) is 6.29 Å². The second-order valence-electron chi connectivity index (χ2n) is 7.56.